The molecule has 0 aliphatic rings. The van der Waals surface area contributed by atoms with E-state index in [-0.39, 0.29) is 0 Å². The molecule has 0 spiro atoms. The molecule has 0 atom stereocenters. The summed E-state index contributed by atoms with van der Waals surface area (Å²) in [4.78, 5) is 0. The van der Waals surface area contributed by atoms with Gasteiger partial charge in [0.05, 0.1) is 0 Å². The third-order valence-electron chi connectivity index (χ3n) is 19.0. The van der Waals surface area contributed by atoms with Crippen LogP contribution < -0.4 is 21.2 Å². The van der Waals surface area contributed by atoms with Crippen molar-refractivity contribution in [2.75, 3.05) is 0 Å². The van der Waals surface area contributed by atoms with Crippen LogP contribution in [-0.2, 0) is 0 Å². The summed E-state index contributed by atoms with van der Waals surface area (Å²) in [5.74, 6) is 0. The van der Waals surface area contributed by atoms with Crippen LogP contribution in [0.15, 0.2) is 413 Å². The van der Waals surface area contributed by atoms with Crippen LogP contribution in [0.2, 0.25) is 0 Å². The summed E-state index contributed by atoms with van der Waals surface area (Å²) in [6.45, 7) is 0. The largest absolute Gasteiger partial charge is 0.147 e. The molecule has 0 heterocycles. The molecule has 0 fully saturated rings. The second-order valence-electron chi connectivity index (χ2n) is 24.6. The Morgan fingerprint density at radius 1 is 0.103 bits per heavy atom. The predicted molar refractivity (Wildman–Crippen MR) is 416 cm³/mol. The predicted octanol–water partition coefficient (Wildman–Crippen LogP) is 24.3. The second-order valence-corrected chi connectivity index (χ2v) is 27.9. The topological polar surface area (TPSA) is 0 Å². The van der Waals surface area contributed by atoms with Crippen molar-refractivity contribution < 1.29 is 0 Å². The molecule has 0 saturated heterocycles. The summed E-state index contributed by atoms with van der Waals surface area (Å²) in [6, 6.07) is 155. The van der Waals surface area contributed by atoms with Gasteiger partial charge in [-0.2, -0.15) is 0 Å². The van der Waals surface area contributed by atoms with Crippen LogP contribution in [0.4, 0.5) is 0 Å². The lowest BCUT2D eigenvalue weighted by molar-refractivity contribution is 1.55. The van der Waals surface area contributed by atoms with Gasteiger partial charge >= 0.3 is 0 Å². The van der Waals surface area contributed by atoms with Crippen molar-refractivity contribution in [3.05, 3.63) is 413 Å². The second kappa shape index (κ2) is 27.1. The molecule has 0 aliphatic carbocycles. The summed E-state index contributed by atoms with van der Waals surface area (Å²) in [6.07, 6.45) is 0. The van der Waals surface area contributed by atoms with Gasteiger partial charge in [-0.3, -0.25) is 0 Å². The first-order chi connectivity index (χ1) is 48.2. The molecule has 97 heavy (non-hydrogen) atoms. The Morgan fingerprint density at radius 2 is 0.227 bits per heavy atom. The van der Waals surface area contributed by atoms with Gasteiger partial charge in [0.15, 0.2) is 0 Å². The van der Waals surface area contributed by atoms with Crippen molar-refractivity contribution >= 4 is 28.5 Å². The zero-order valence-corrected chi connectivity index (χ0v) is 54.6. The van der Waals surface area contributed by atoms with E-state index in [1.165, 1.54) is 65.7 Å². The van der Waals surface area contributed by atoms with E-state index in [9.17, 15) is 0 Å². The smallest absolute Gasteiger partial charge is 0.0622 e. The number of rotatable bonds is 16. The Bertz CT molecular complexity index is 4660. The van der Waals surface area contributed by atoms with Crippen LogP contribution in [0.5, 0.6) is 0 Å². The molecule has 0 amide bonds. The fraction of sp³-hybridized carbons (Fsp3) is 0. The fourth-order valence-corrected chi connectivity index (χ4v) is 20.0. The minimum Gasteiger partial charge on any atom is -0.0622 e. The Balaban J connectivity index is 1.27. The fourth-order valence-electron chi connectivity index (χ4n) is 14.9. The molecule has 16 aromatic carbocycles. The standard InChI is InChI=1S/C96H68P/c1-13-37-69(38-14-1)81-61-65-85(93(77-53-29-9-30-54-77)89(81)73-45-21-5-22-46-73)97(86-66-62-82(70-39-15-2-16-40-70)90(74-47-23-6-24-48-74)94(86)78-55-31-10-32-56-78,87-67-63-83(71-41-17-3-18-42-71)91(75-49-25-7-26-50-75)95(87)79-57-33-11-34-58-79)88-68-64-84(72-43-19-4-20-44-72)92(76-51-27-8-28-52-76)96(88)80-59-35-12-36-60-80/h1-68H/q+1. The maximum Gasteiger partial charge on any atom is 0.147 e. The molecule has 0 aromatic heterocycles. The Labute approximate surface area is 570 Å². The molecule has 16 aromatic rings. The molecule has 0 saturated carbocycles. The Morgan fingerprint density at radius 3 is 0.371 bits per heavy atom. The first-order valence-electron chi connectivity index (χ1n) is 33.5. The normalized spacial score (nSPS) is 11.3. The molecule has 0 nitrogen and oxygen atoms in total. The van der Waals surface area contributed by atoms with Gasteiger partial charge in [0.2, 0.25) is 0 Å². The van der Waals surface area contributed by atoms with E-state index < -0.39 is 7.26 Å². The van der Waals surface area contributed by atoms with Crippen LogP contribution in [0, 0.1) is 0 Å². The van der Waals surface area contributed by atoms with Gasteiger partial charge < -0.3 is 0 Å². The lowest BCUT2D eigenvalue weighted by Crippen LogP contribution is -2.42. The third-order valence-corrected chi connectivity index (χ3v) is 23.4. The zero-order valence-electron chi connectivity index (χ0n) is 53.7. The van der Waals surface area contributed by atoms with E-state index in [1.54, 1.807) is 0 Å². The Hall–Kier alpha value is -12.1. The van der Waals surface area contributed by atoms with E-state index in [4.69, 9.17) is 0 Å². The highest BCUT2D eigenvalue weighted by Gasteiger charge is 2.56. The molecule has 0 N–H and O–H groups in total. The molecular formula is C96H68P+. The SMILES string of the molecule is c1ccc(-c2ccc([P+](c3ccc(-c4ccccc4)c(-c4ccccc4)c3-c3ccccc3)(c3ccc(-c4ccccc4)c(-c4ccccc4)c3-c3ccccc3)c3ccc(-c4ccccc4)c(-c4ccccc4)c3-c3ccccc3)c(-c3ccccc3)c2-c2ccccc2)cc1. The summed E-state index contributed by atoms with van der Waals surface area (Å²) in [5.41, 5.74) is 27.6. The van der Waals surface area contributed by atoms with Crippen molar-refractivity contribution in [3.63, 3.8) is 0 Å². The van der Waals surface area contributed by atoms with E-state index in [0.29, 0.717) is 0 Å². The van der Waals surface area contributed by atoms with E-state index in [1.807, 2.05) is 0 Å². The molecule has 16 rings (SSSR count). The average molecular weight is 1250 g/mol. The number of hydrogen-bond donors (Lipinski definition) is 0. The number of hydrogen-bond acceptors (Lipinski definition) is 0. The quantitative estimate of drug-likeness (QED) is 0.0846. The number of benzene rings is 16. The first-order valence-corrected chi connectivity index (χ1v) is 35.3. The molecule has 0 bridgehead atoms. The van der Waals surface area contributed by atoms with Crippen LogP contribution in [0.1, 0.15) is 0 Å². The summed E-state index contributed by atoms with van der Waals surface area (Å²) in [7, 11) is -3.75. The molecule has 456 valence electrons. The zero-order chi connectivity index (χ0) is 64.7. The van der Waals surface area contributed by atoms with Gasteiger partial charge in [0.25, 0.3) is 0 Å². The van der Waals surface area contributed by atoms with Gasteiger partial charge in [0.1, 0.15) is 28.5 Å². The average Bonchev–Trinajstić information content (AvgIpc) is 0.683. The van der Waals surface area contributed by atoms with Gasteiger partial charge in [-0.25, -0.2) is 0 Å². The van der Waals surface area contributed by atoms with E-state index >= 15 is 0 Å². The van der Waals surface area contributed by atoms with Crippen LogP contribution in [0.3, 0.4) is 0 Å². The highest BCUT2D eigenvalue weighted by atomic mass is 31.2. The molecular weight excluding hydrogens is 1180 g/mol. The van der Waals surface area contributed by atoms with Crippen molar-refractivity contribution in [3.8, 4) is 134 Å². The summed E-state index contributed by atoms with van der Waals surface area (Å²) in [5, 5.41) is 4.92. The van der Waals surface area contributed by atoms with Crippen molar-refractivity contribution in [2.45, 2.75) is 0 Å². The minimum atomic E-state index is -3.75. The van der Waals surface area contributed by atoms with Gasteiger partial charge in [-0.1, -0.05) is 364 Å². The molecule has 1 heteroatoms. The van der Waals surface area contributed by atoms with Crippen LogP contribution in [-0.4, -0.2) is 0 Å². The van der Waals surface area contributed by atoms with Gasteiger partial charge in [0, 0.05) is 44.5 Å². The minimum absolute atomic E-state index is 1.12. The van der Waals surface area contributed by atoms with Crippen LogP contribution in [0.25, 0.3) is 134 Å². The van der Waals surface area contributed by atoms with Crippen molar-refractivity contribution in [1.29, 1.82) is 0 Å². The third kappa shape index (κ3) is 11.2. The summed E-state index contributed by atoms with van der Waals surface area (Å²) >= 11 is 0. The van der Waals surface area contributed by atoms with Crippen LogP contribution >= 0.6 is 7.26 Å². The highest BCUT2D eigenvalue weighted by Crippen LogP contribution is 2.65. The van der Waals surface area contributed by atoms with Gasteiger partial charge in [-0.15, -0.1) is 0 Å². The van der Waals surface area contributed by atoms with Gasteiger partial charge in [-0.05, 0) is 138 Å². The van der Waals surface area contributed by atoms with Crippen molar-refractivity contribution in [1.82, 2.24) is 0 Å². The monoisotopic (exact) mass is 1250 g/mol. The summed E-state index contributed by atoms with van der Waals surface area (Å²) < 4.78 is 0. The van der Waals surface area contributed by atoms with E-state index in [0.717, 1.165) is 89.0 Å². The van der Waals surface area contributed by atoms with E-state index in [2.05, 4.69) is 413 Å². The molecule has 0 radical (unpaired) electrons. The lowest BCUT2D eigenvalue weighted by atomic mass is 9.87. The molecule has 0 aliphatic heterocycles. The maximum atomic E-state index is 2.58. The molecule has 0 unspecified atom stereocenters. The maximum absolute atomic E-state index is 3.75. The Kier molecular flexibility index (Phi) is 16.8. The lowest BCUT2D eigenvalue weighted by Gasteiger charge is -2.37. The first kappa shape index (κ1) is 59.9. The highest BCUT2D eigenvalue weighted by molar-refractivity contribution is 8.02. The van der Waals surface area contributed by atoms with Crippen molar-refractivity contribution in [2.24, 2.45) is 0 Å².